The second-order valence-corrected chi connectivity index (χ2v) is 5.29. The molecule has 0 aliphatic carbocycles. The zero-order valence-corrected chi connectivity index (χ0v) is 12.0. The van der Waals surface area contributed by atoms with Gasteiger partial charge in [0.25, 0.3) is 0 Å². The molecule has 0 amide bonds. The maximum atomic E-state index is 10.9. The second kappa shape index (κ2) is 6.50. The van der Waals surface area contributed by atoms with Crippen LogP contribution in [-0.2, 0) is 0 Å². The van der Waals surface area contributed by atoms with Crippen molar-refractivity contribution in [1.29, 1.82) is 5.26 Å². The van der Waals surface area contributed by atoms with Crippen molar-refractivity contribution in [1.82, 2.24) is 4.98 Å². The third-order valence-electron chi connectivity index (χ3n) is 4.13. The fourth-order valence-electron chi connectivity index (χ4n) is 2.86. The minimum atomic E-state index is -0.584. The molecule has 2 N–H and O–H groups in total. The number of nitrogens with two attached hydrogens (primary N) is 1. The maximum Gasteiger partial charge on any atom is 0.305 e. The van der Waals surface area contributed by atoms with Crippen molar-refractivity contribution in [3.05, 3.63) is 27.9 Å². The summed E-state index contributed by atoms with van der Waals surface area (Å²) in [6, 6.07) is 4.92. The highest BCUT2D eigenvalue weighted by molar-refractivity contribution is 5.52. The quantitative estimate of drug-likeness (QED) is 0.668. The number of nitrogens with zero attached hydrogens (tertiary/aromatic N) is 4. The molecule has 0 bridgehead atoms. The normalized spacial score (nSPS) is 21.9. The molecule has 1 saturated heterocycles. The van der Waals surface area contributed by atoms with E-state index in [2.05, 4.69) is 16.8 Å². The summed E-state index contributed by atoms with van der Waals surface area (Å²) in [6.07, 6.45) is 3.17. The van der Waals surface area contributed by atoms with E-state index in [0.29, 0.717) is 18.3 Å². The Hall–Kier alpha value is -2.20. The Labute approximate surface area is 123 Å². The van der Waals surface area contributed by atoms with Crippen LogP contribution in [0.25, 0.3) is 0 Å². The van der Waals surface area contributed by atoms with Crippen LogP contribution in [0.15, 0.2) is 12.1 Å². The predicted octanol–water partition coefficient (Wildman–Crippen LogP) is 1.82. The average molecular weight is 289 g/mol. The first-order valence-corrected chi connectivity index (χ1v) is 7.12. The molecule has 0 radical (unpaired) electrons. The first-order chi connectivity index (χ1) is 10.1. The lowest BCUT2D eigenvalue weighted by atomic mass is 9.89. The number of nitro groups is 1. The van der Waals surface area contributed by atoms with Gasteiger partial charge in [-0.1, -0.05) is 13.3 Å². The molecular weight excluding hydrogens is 270 g/mol. The van der Waals surface area contributed by atoms with Gasteiger partial charge in [0, 0.05) is 25.2 Å². The number of pyridine rings is 1. The number of anilines is 1. The summed E-state index contributed by atoms with van der Waals surface area (Å²) in [7, 11) is 0. The van der Waals surface area contributed by atoms with E-state index in [1.165, 1.54) is 6.07 Å². The van der Waals surface area contributed by atoms with E-state index < -0.39 is 4.92 Å². The molecule has 1 aliphatic heterocycles. The van der Waals surface area contributed by atoms with Crippen molar-refractivity contribution in [2.24, 2.45) is 11.7 Å². The SMILES string of the molecule is CCC1CCN(c2ccc([N+](=O)[O-])c(C#N)n2)C(CN)C1. The van der Waals surface area contributed by atoms with Gasteiger partial charge in [0.15, 0.2) is 0 Å². The molecule has 1 fully saturated rings. The number of hydrogen-bond donors (Lipinski definition) is 1. The molecule has 0 spiro atoms. The smallest absolute Gasteiger partial charge is 0.305 e. The summed E-state index contributed by atoms with van der Waals surface area (Å²) in [4.78, 5) is 16.5. The molecule has 1 aromatic heterocycles. The van der Waals surface area contributed by atoms with E-state index >= 15 is 0 Å². The van der Waals surface area contributed by atoms with Gasteiger partial charge in [0.2, 0.25) is 5.69 Å². The van der Waals surface area contributed by atoms with Gasteiger partial charge in [-0.2, -0.15) is 5.26 Å². The Balaban J connectivity index is 2.29. The second-order valence-electron chi connectivity index (χ2n) is 5.29. The summed E-state index contributed by atoms with van der Waals surface area (Å²) < 4.78 is 0. The highest BCUT2D eigenvalue weighted by atomic mass is 16.6. The summed E-state index contributed by atoms with van der Waals surface area (Å²) in [6.45, 7) is 3.50. The van der Waals surface area contributed by atoms with Crippen LogP contribution in [0, 0.1) is 27.4 Å². The molecule has 112 valence electrons. The minimum absolute atomic E-state index is 0.147. The van der Waals surface area contributed by atoms with Gasteiger partial charge in [-0.15, -0.1) is 0 Å². The van der Waals surface area contributed by atoms with Crippen molar-refractivity contribution in [2.75, 3.05) is 18.0 Å². The third kappa shape index (κ3) is 3.11. The highest BCUT2D eigenvalue weighted by Crippen LogP contribution is 2.29. The Morgan fingerprint density at radius 2 is 2.38 bits per heavy atom. The fourth-order valence-corrected chi connectivity index (χ4v) is 2.86. The Morgan fingerprint density at radius 1 is 1.62 bits per heavy atom. The molecular formula is C14H19N5O2. The van der Waals surface area contributed by atoms with E-state index in [9.17, 15) is 10.1 Å². The average Bonchev–Trinajstić information content (AvgIpc) is 2.53. The van der Waals surface area contributed by atoms with Crippen molar-refractivity contribution >= 4 is 11.5 Å². The lowest BCUT2D eigenvalue weighted by Crippen LogP contribution is -2.47. The van der Waals surface area contributed by atoms with Crippen LogP contribution in [0.3, 0.4) is 0 Å². The van der Waals surface area contributed by atoms with Crippen LogP contribution in [0.2, 0.25) is 0 Å². The number of rotatable bonds is 4. The molecule has 0 saturated carbocycles. The van der Waals surface area contributed by atoms with E-state index in [1.54, 1.807) is 12.1 Å². The van der Waals surface area contributed by atoms with Crippen LogP contribution in [0.1, 0.15) is 31.9 Å². The van der Waals surface area contributed by atoms with Crippen molar-refractivity contribution in [3.63, 3.8) is 0 Å². The number of hydrogen-bond acceptors (Lipinski definition) is 6. The zero-order chi connectivity index (χ0) is 15.4. The van der Waals surface area contributed by atoms with E-state index in [-0.39, 0.29) is 17.4 Å². The van der Waals surface area contributed by atoms with E-state index in [1.807, 2.05) is 0 Å². The summed E-state index contributed by atoms with van der Waals surface area (Å²) in [5, 5.41) is 19.9. The Bertz CT molecular complexity index is 569. The van der Waals surface area contributed by atoms with Gasteiger partial charge in [-0.25, -0.2) is 4.98 Å². The maximum absolute atomic E-state index is 10.9. The molecule has 2 heterocycles. The van der Waals surface area contributed by atoms with Crippen molar-refractivity contribution in [2.45, 2.75) is 32.2 Å². The van der Waals surface area contributed by atoms with Gasteiger partial charge in [-0.05, 0) is 24.8 Å². The summed E-state index contributed by atoms with van der Waals surface area (Å²) >= 11 is 0. The standard InChI is InChI=1S/C14H19N5O2/c1-2-10-5-6-18(11(7-10)8-15)14-4-3-13(19(20)21)12(9-16)17-14/h3-4,10-11H,2,5-8,15H2,1H3. The summed E-state index contributed by atoms with van der Waals surface area (Å²) in [5.41, 5.74) is 5.45. The monoisotopic (exact) mass is 289 g/mol. The van der Waals surface area contributed by atoms with E-state index in [0.717, 1.165) is 25.8 Å². The first-order valence-electron chi connectivity index (χ1n) is 7.12. The van der Waals surface area contributed by atoms with E-state index in [4.69, 9.17) is 11.0 Å². The molecule has 7 heteroatoms. The molecule has 7 nitrogen and oxygen atoms in total. The van der Waals surface area contributed by atoms with Gasteiger partial charge in [0.05, 0.1) is 4.92 Å². The molecule has 2 rings (SSSR count). The van der Waals surface area contributed by atoms with Crippen LogP contribution < -0.4 is 10.6 Å². The minimum Gasteiger partial charge on any atom is -0.352 e. The molecule has 21 heavy (non-hydrogen) atoms. The fraction of sp³-hybridized carbons (Fsp3) is 0.571. The van der Waals surface area contributed by atoms with Crippen molar-refractivity contribution in [3.8, 4) is 6.07 Å². The first kappa shape index (κ1) is 15.2. The predicted molar refractivity (Wildman–Crippen MR) is 78.8 cm³/mol. The van der Waals surface area contributed by atoms with Crippen LogP contribution in [0.5, 0.6) is 0 Å². The lowest BCUT2D eigenvalue weighted by molar-refractivity contribution is -0.385. The Kier molecular flexibility index (Phi) is 4.70. The van der Waals surface area contributed by atoms with Gasteiger partial charge in [-0.3, -0.25) is 10.1 Å². The molecule has 2 atom stereocenters. The number of aromatic nitrogens is 1. The topological polar surface area (TPSA) is 109 Å². The largest absolute Gasteiger partial charge is 0.352 e. The van der Waals surface area contributed by atoms with Gasteiger partial charge in [0.1, 0.15) is 11.9 Å². The molecule has 1 aromatic rings. The van der Waals surface area contributed by atoms with Crippen LogP contribution >= 0.6 is 0 Å². The zero-order valence-electron chi connectivity index (χ0n) is 12.0. The van der Waals surface area contributed by atoms with Gasteiger partial charge >= 0.3 is 5.69 Å². The lowest BCUT2D eigenvalue weighted by Gasteiger charge is -2.39. The number of piperidine rings is 1. The van der Waals surface area contributed by atoms with Crippen LogP contribution in [0.4, 0.5) is 11.5 Å². The van der Waals surface area contributed by atoms with Crippen molar-refractivity contribution < 1.29 is 4.92 Å². The van der Waals surface area contributed by atoms with Gasteiger partial charge < -0.3 is 10.6 Å². The van der Waals surface area contributed by atoms with Crippen LogP contribution in [-0.4, -0.2) is 29.0 Å². The molecule has 1 aliphatic rings. The molecule has 0 aromatic carbocycles. The summed E-state index contributed by atoms with van der Waals surface area (Å²) in [5.74, 6) is 1.26. The highest BCUT2D eigenvalue weighted by Gasteiger charge is 2.28. The third-order valence-corrected chi connectivity index (χ3v) is 4.13. The molecule has 2 unspecified atom stereocenters. The number of nitriles is 1. The Morgan fingerprint density at radius 3 is 2.95 bits per heavy atom.